The fourth-order valence-corrected chi connectivity index (χ4v) is 2.69. The van der Waals surface area contributed by atoms with Gasteiger partial charge in [0.2, 0.25) is 0 Å². The molecule has 1 aliphatic heterocycles. The second-order valence-electron chi connectivity index (χ2n) is 5.13. The van der Waals surface area contributed by atoms with Crippen LogP contribution in [0.25, 0.3) is 0 Å². The summed E-state index contributed by atoms with van der Waals surface area (Å²) in [6.45, 7) is 1.52. The Labute approximate surface area is 123 Å². The average Bonchev–Trinajstić information content (AvgIpc) is 2.68. The van der Waals surface area contributed by atoms with Gasteiger partial charge in [0.05, 0.1) is 0 Å². The van der Waals surface area contributed by atoms with Crippen LogP contribution >= 0.6 is 0 Å². The van der Waals surface area contributed by atoms with Gasteiger partial charge in [-0.2, -0.15) is 5.26 Å². The smallest absolute Gasteiger partial charge is 0.165 e. The molecule has 4 nitrogen and oxygen atoms in total. The molecule has 0 N–H and O–H groups in total. The number of benzene rings is 1. The standard InChI is InChI=1S/C17H15N3O/c18-11-14-10-13(7-8-19-14)12-20-9-3-6-17(21)15-4-1-2-5-16(15)20/h1-2,4-5,7-8,10H,3,6,9,12H2. The minimum atomic E-state index is 0.209. The van der Waals surface area contributed by atoms with Gasteiger partial charge in [-0.25, -0.2) is 4.98 Å². The molecule has 1 aromatic heterocycles. The minimum Gasteiger partial charge on any atom is -0.367 e. The monoisotopic (exact) mass is 277 g/mol. The molecule has 0 fully saturated rings. The van der Waals surface area contributed by atoms with E-state index in [2.05, 4.69) is 16.0 Å². The summed E-state index contributed by atoms with van der Waals surface area (Å²) in [7, 11) is 0. The molecule has 0 aliphatic carbocycles. The number of hydrogen-bond acceptors (Lipinski definition) is 4. The zero-order valence-electron chi connectivity index (χ0n) is 11.6. The molecule has 2 aromatic rings. The molecule has 0 unspecified atom stereocenters. The van der Waals surface area contributed by atoms with Crippen LogP contribution in [-0.2, 0) is 6.54 Å². The van der Waals surface area contributed by atoms with Crippen LogP contribution in [0.5, 0.6) is 0 Å². The number of para-hydroxylation sites is 1. The van der Waals surface area contributed by atoms with Gasteiger partial charge < -0.3 is 4.90 Å². The number of nitrogens with zero attached hydrogens (tertiary/aromatic N) is 3. The molecule has 0 saturated carbocycles. The maximum Gasteiger partial charge on any atom is 0.165 e. The van der Waals surface area contributed by atoms with E-state index >= 15 is 0 Å². The number of carbonyl (C=O) groups is 1. The number of fused-ring (bicyclic) bond motifs is 1. The molecule has 0 radical (unpaired) electrons. The zero-order chi connectivity index (χ0) is 14.7. The van der Waals surface area contributed by atoms with Gasteiger partial charge in [-0.1, -0.05) is 12.1 Å². The maximum atomic E-state index is 12.1. The van der Waals surface area contributed by atoms with Crippen LogP contribution in [0.15, 0.2) is 42.6 Å². The summed E-state index contributed by atoms with van der Waals surface area (Å²) in [5.74, 6) is 0.209. The molecular weight excluding hydrogens is 262 g/mol. The highest BCUT2D eigenvalue weighted by molar-refractivity contribution is 6.01. The van der Waals surface area contributed by atoms with Gasteiger partial charge in [0.25, 0.3) is 0 Å². The third kappa shape index (κ3) is 2.77. The fourth-order valence-electron chi connectivity index (χ4n) is 2.69. The molecule has 2 heterocycles. The van der Waals surface area contributed by atoms with Gasteiger partial charge in [-0.15, -0.1) is 0 Å². The number of pyridine rings is 1. The van der Waals surface area contributed by atoms with Crippen LogP contribution in [0.2, 0.25) is 0 Å². The molecule has 1 aliphatic rings. The van der Waals surface area contributed by atoms with E-state index in [9.17, 15) is 4.79 Å². The summed E-state index contributed by atoms with van der Waals surface area (Å²) in [6, 6.07) is 13.5. The van der Waals surface area contributed by atoms with Crippen molar-refractivity contribution in [1.29, 1.82) is 5.26 Å². The predicted molar refractivity (Wildman–Crippen MR) is 80.0 cm³/mol. The lowest BCUT2D eigenvalue weighted by Crippen LogP contribution is -2.23. The van der Waals surface area contributed by atoms with E-state index in [0.29, 0.717) is 18.7 Å². The summed E-state index contributed by atoms with van der Waals surface area (Å²) in [4.78, 5) is 18.3. The van der Waals surface area contributed by atoms with E-state index in [-0.39, 0.29) is 5.78 Å². The predicted octanol–water partition coefficient (Wildman–Crippen LogP) is 2.94. The number of anilines is 1. The molecule has 1 aromatic carbocycles. The number of aromatic nitrogens is 1. The minimum absolute atomic E-state index is 0.209. The largest absolute Gasteiger partial charge is 0.367 e. The first-order valence-electron chi connectivity index (χ1n) is 7.00. The van der Waals surface area contributed by atoms with Gasteiger partial charge in [0.15, 0.2) is 5.78 Å². The Hall–Kier alpha value is -2.67. The molecule has 0 saturated heterocycles. The summed E-state index contributed by atoms with van der Waals surface area (Å²) < 4.78 is 0. The highest BCUT2D eigenvalue weighted by atomic mass is 16.1. The van der Waals surface area contributed by atoms with Gasteiger partial charge in [-0.05, 0) is 36.2 Å². The maximum absolute atomic E-state index is 12.1. The summed E-state index contributed by atoms with van der Waals surface area (Å²) >= 11 is 0. The Bertz CT molecular complexity index is 718. The lowest BCUT2D eigenvalue weighted by atomic mass is 10.1. The Morgan fingerprint density at radius 1 is 1.29 bits per heavy atom. The molecule has 3 rings (SSSR count). The Balaban J connectivity index is 1.93. The number of Topliss-reactive ketones (excluding diaryl/α,β-unsaturated/α-hetero) is 1. The Morgan fingerprint density at radius 3 is 3.00 bits per heavy atom. The van der Waals surface area contributed by atoms with Crippen LogP contribution < -0.4 is 4.90 Å². The molecule has 4 heteroatoms. The zero-order valence-corrected chi connectivity index (χ0v) is 11.6. The van der Waals surface area contributed by atoms with Crippen LogP contribution in [0.1, 0.15) is 34.5 Å². The van der Waals surface area contributed by atoms with Crippen molar-refractivity contribution in [2.24, 2.45) is 0 Å². The van der Waals surface area contributed by atoms with Crippen molar-refractivity contribution in [2.45, 2.75) is 19.4 Å². The third-order valence-corrected chi connectivity index (χ3v) is 3.69. The molecule has 0 bridgehead atoms. The topological polar surface area (TPSA) is 57.0 Å². The Morgan fingerprint density at radius 2 is 2.14 bits per heavy atom. The first-order chi connectivity index (χ1) is 10.3. The van der Waals surface area contributed by atoms with E-state index in [4.69, 9.17) is 5.26 Å². The lowest BCUT2D eigenvalue weighted by molar-refractivity contribution is 0.0984. The normalized spacial score (nSPS) is 14.2. The molecule has 0 atom stereocenters. The van der Waals surface area contributed by atoms with Crippen LogP contribution in [0, 0.1) is 11.3 Å². The second-order valence-corrected chi connectivity index (χ2v) is 5.13. The molecular formula is C17H15N3O. The first kappa shape index (κ1) is 13.3. The van der Waals surface area contributed by atoms with Crippen LogP contribution in [0.3, 0.4) is 0 Å². The number of hydrogen-bond donors (Lipinski definition) is 0. The number of rotatable bonds is 2. The number of ketones is 1. The van der Waals surface area contributed by atoms with Crippen LogP contribution in [0.4, 0.5) is 5.69 Å². The molecule has 21 heavy (non-hydrogen) atoms. The van der Waals surface area contributed by atoms with Crippen molar-refractivity contribution in [2.75, 3.05) is 11.4 Å². The van der Waals surface area contributed by atoms with Gasteiger partial charge in [-0.3, -0.25) is 4.79 Å². The van der Waals surface area contributed by atoms with Crippen molar-refractivity contribution in [3.05, 3.63) is 59.4 Å². The van der Waals surface area contributed by atoms with Crippen molar-refractivity contribution >= 4 is 11.5 Å². The van der Waals surface area contributed by atoms with E-state index in [1.165, 1.54) is 0 Å². The van der Waals surface area contributed by atoms with E-state index in [1.807, 2.05) is 30.3 Å². The number of nitriles is 1. The van der Waals surface area contributed by atoms with E-state index in [1.54, 1.807) is 12.3 Å². The van der Waals surface area contributed by atoms with E-state index in [0.717, 1.165) is 29.8 Å². The highest BCUT2D eigenvalue weighted by Crippen LogP contribution is 2.27. The summed E-state index contributed by atoms with van der Waals surface area (Å²) in [5, 5.41) is 8.93. The van der Waals surface area contributed by atoms with Crippen molar-refractivity contribution in [3.63, 3.8) is 0 Å². The SMILES string of the molecule is N#Cc1cc(CN2CCCC(=O)c3ccccc32)ccn1. The molecule has 104 valence electrons. The van der Waals surface area contributed by atoms with Crippen molar-refractivity contribution in [3.8, 4) is 6.07 Å². The highest BCUT2D eigenvalue weighted by Gasteiger charge is 2.20. The fraction of sp³-hybridized carbons (Fsp3) is 0.235. The Kier molecular flexibility index (Phi) is 3.65. The quantitative estimate of drug-likeness (QED) is 0.847. The third-order valence-electron chi connectivity index (χ3n) is 3.69. The van der Waals surface area contributed by atoms with Crippen LogP contribution in [-0.4, -0.2) is 17.3 Å². The average molecular weight is 277 g/mol. The van der Waals surface area contributed by atoms with Gasteiger partial charge in [0.1, 0.15) is 11.8 Å². The lowest BCUT2D eigenvalue weighted by Gasteiger charge is -2.24. The first-order valence-corrected chi connectivity index (χ1v) is 7.00. The molecule has 0 spiro atoms. The summed E-state index contributed by atoms with van der Waals surface area (Å²) in [5.41, 5.74) is 3.23. The van der Waals surface area contributed by atoms with Gasteiger partial charge in [0, 0.05) is 37.0 Å². The van der Waals surface area contributed by atoms with Gasteiger partial charge >= 0.3 is 0 Å². The molecule has 0 amide bonds. The van der Waals surface area contributed by atoms with E-state index < -0.39 is 0 Å². The number of carbonyl (C=O) groups excluding carboxylic acids is 1. The van der Waals surface area contributed by atoms with Crippen molar-refractivity contribution in [1.82, 2.24) is 4.98 Å². The van der Waals surface area contributed by atoms with Crippen molar-refractivity contribution < 1.29 is 4.79 Å². The summed E-state index contributed by atoms with van der Waals surface area (Å²) in [6.07, 6.45) is 3.10. The second kappa shape index (κ2) is 5.76.